The SMILES string of the molecule is Cl.O=C(O)[C@@H]1CC[C@@H](CON=C(c2ccccc2)c2ccccc2)NC1. The first-order chi connectivity index (χ1) is 12.2. The number of oxime groups is 1. The van der Waals surface area contributed by atoms with Crippen molar-refractivity contribution in [2.24, 2.45) is 11.1 Å². The number of hydrogen-bond acceptors (Lipinski definition) is 4. The summed E-state index contributed by atoms with van der Waals surface area (Å²) in [4.78, 5) is 16.6. The van der Waals surface area contributed by atoms with Gasteiger partial charge in [-0.3, -0.25) is 4.79 Å². The number of carbonyl (C=O) groups is 1. The monoisotopic (exact) mass is 374 g/mol. The first-order valence-electron chi connectivity index (χ1n) is 8.51. The lowest BCUT2D eigenvalue weighted by Gasteiger charge is -2.26. The second kappa shape index (κ2) is 9.94. The average molecular weight is 375 g/mol. The third kappa shape index (κ3) is 5.31. The maximum absolute atomic E-state index is 11.0. The number of hydrogen-bond donors (Lipinski definition) is 2. The van der Waals surface area contributed by atoms with E-state index in [-0.39, 0.29) is 24.4 Å². The Labute approximate surface area is 159 Å². The largest absolute Gasteiger partial charge is 0.481 e. The van der Waals surface area contributed by atoms with Gasteiger partial charge in [-0.15, -0.1) is 12.4 Å². The van der Waals surface area contributed by atoms with Crippen molar-refractivity contribution in [1.82, 2.24) is 5.32 Å². The van der Waals surface area contributed by atoms with Gasteiger partial charge in [-0.05, 0) is 12.8 Å². The molecule has 2 atom stereocenters. The quantitative estimate of drug-likeness (QED) is 0.601. The first kappa shape index (κ1) is 19.9. The fourth-order valence-corrected chi connectivity index (χ4v) is 2.92. The first-order valence-corrected chi connectivity index (χ1v) is 8.51. The van der Waals surface area contributed by atoms with Gasteiger partial charge in [-0.2, -0.15) is 0 Å². The Kier molecular flexibility index (Phi) is 7.63. The van der Waals surface area contributed by atoms with E-state index in [1.54, 1.807) is 0 Å². The molecule has 1 aliphatic rings. The molecule has 0 amide bonds. The van der Waals surface area contributed by atoms with Crippen molar-refractivity contribution in [1.29, 1.82) is 0 Å². The van der Waals surface area contributed by atoms with Crippen LogP contribution in [-0.2, 0) is 9.63 Å². The Morgan fingerprint density at radius 2 is 1.62 bits per heavy atom. The summed E-state index contributed by atoms with van der Waals surface area (Å²) in [5.74, 6) is -1.04. The zero-order valence-corrected chi connectivity index (χ0v) is 15.2. The van der Waals surface area contributed by atoms with Gasteiger partial charge in [0.05, 0.1) is 5.92 Å². The molecule has 1 saturated heterocycles. The number of carboxylic acids is 1. The van der Waals surface area contributed by atoms with Crippen LogP contribution in [0.1, 0.15) is 24.0 Å². The van der Waals surface area contributed by atoms with E-state index >= 15 is 0 Å². The smallest absolute Gasteiger partial charge is 0.307 e. The summed E-state index contributed by atoms with van der Waals surface area (Å²) < 4.78 is 0. The molecule has 6 heteroatoms. The number of aliphatic carboxylic acids is 1. The maximum Gasteiger partial charge on any atom is 0.307 e. The molecule has 0 radical (unpaired) electrons. The molecule has 2 aromatic carbocycles. The summed E-state index contributed by atoms with van der Waals surface area (Å²) in [6.45, 7) is 0.910. The number of benzene rings is 2. The van der Waals surface area contributed by atoms with Crippen molar-refractivity contribution in [2.45, 2.75) is 18.9 Å². The van der Waals surface area contributed by atoms with Gasteiger partial charge >= 0.3 is 5.97 Å². The van der Waals surface area contributed by atoms with Crippen LogP contribution in [0.4, 0.5) is 0 Å². The number of carboxylic acid groups (broad SMARTS) is 1. The van der Waals surface area contributed by atoms with Crippen LogP contribution in [0, 0.1) is 5.92 Å². The fraction of sp³-hybridized carbons (Fsp3) is 0.300. The van der Waals surface area contributed by atoms with Crippen LogP contribution < -0.4 is 5.32 Å². The van der Waals surface area contributed by atoms with Crippen LogP contribution in [0.3, 0.4) is 0 Å². The lowest BCUT2D eigenvalue weighted by molar-refractivity contribution is -0.142. The molecule has 0 aliphatic carbocycles. The van der Waals surface area contributed by atoms with Crippen molar-refractivity contribution in [3.05, 3.63) is 71.8 Å². The van der Waals surface area contributed by atoms with Gasteiger partial charge < -0.3 is 15.3 Å². The van der Waals surface area contributed by atoms with Crippen LogP contribution in [0.2, 0.25) is 0 Å². The van der Waals surface area contributed by atoms with E-state index in [9.17, 15) is 4.79 Å². The van der Waals surface area contributed by atoms with Gasteiger partial charge in [0.1, 0.15) is 12.3 Å². The Morgan fingerprint density at radius 1 is 1.04 bits per heavy atom. The van der Waals surface area contributed by atoms with Crippen molar-refractivity contribution in [3.8, 4) is 0 Å². The number of rotatable bonds is 6. The van der Waals surface area contributed by atoms with Gasteiger partial charge in [0, 0.05) is 23.7 Å². The molecule has 138 valence electrons. The molecule has 5 nitrogen and oxygen atoms in total. The van der Waals surface area contributed by atoms with Gasteiger partial charge in [0.15, 0.2) is 0 Å². The van der Waals surface area contributed by atoms with Crippen molar-refractivity contribution in [2.75, 3.05) is 13.2 Å². The molecular weight excluding hydrogens is 352 g/mol. The zero-order valence-electron chi connectivity index (χ0n) is 14.4. The molecule has 2 N–H and O–H groups in total. The third-order valence-corrected chi connectivity index (χ3v) is 4.39. The normalized spacial score (nSPS) is 19.1. The summed E-state index contributed by atoms with van der Waals surface area (Å²) >= 11 is 0. The summed E-state index contributed by atoms with van der Waals surface area (Å²) in [5.41, 5.74) is 2.79. The van der Waals surface area contributed by atoms with E-state index in [0.717, 1.165) is 23.3 Å². The van der Waals surface area contributed by atoms with E-state index in [2.05, 4.69) is 10.5 Å². The second-order valence-electron chi connectivity index (χ2n) is 6.19. The topological polar surface area (TPSA) is 70.9 Å². The molecule has 1 aliphatic heterocycles. The Hall–Kier alpha value is -2.37. The number of halogens is 1. The van der Waals surface area contributed by atoms with Crippen LogP contribution in [0.15, 0.2) is 65.8 Å². The Morgan fingerprint density at radius 3 is 2.08 bits per heavy atom. The van der Waals surface area contributed by atoms with Crippen LogP contribution >= 0.6 is 12.4 Å². The van der Waals surface area contributed by atoms with Crippen molar-refractivity contribution >= 4 is 24.1 Å². The maximum atomic E-state index is 11.0. The summed E-state index contributed by atoms with van der Waals surface area (Å²) in [6.07, 6.45) is 1.45. The molecule has 3 rings (SSSR count). The summed E-state index contributed by atoms with van der Waals surface area (Å²) in [5, 5.41) is 16.6. The molecule has 0 spiro atoms. The van der Waals surface area contributed by atoms with E-state index in [1.165, 1.54) is 0 Å². The fourth-order valence-electron chi connectivity index (χ4n) is 2.92. The van der Waals surface area contributed by atoms with Crippen LogP contribution in [0.5, 0.6) is 0 Å². The lowest BCUT2D eigenvalue weighted by Crippen LogP contribution is -2.43. The van der Waals surface area contributed by atoms with E-state index in [4.69, 9.17) is 9.94 Å². The van der Waals surface area contributed by atoms with Gasteiger partial charge in [0.2, 0.25) is 0 Å². The summed E-state index contributed by atoms with van der Waals surface area (Å²) in [7, 11) is 0. The van der Waals surface area contributed by atoms with Gasteiger partial charge in [-0.1, -0.05) is 65.8 Å². The number of piperidine rings is 1. The van der Waals surface area contributed by atoms with E-state index < -0.39 is 5.97 Å². The van der Waals surface area contributed by atoms with Crippen LogP contribution in [0.25, 0.3) is 0 Å². The van der Waals surface area contributed by atoms with Crippen molar-refractivity contribution < 1.29 is 14.7 Å². The predicted octanol–water partition coefficient (Wildman–Crippen LogP) is 3.33. The molecule has 1 heterocycles. The van der Waals surface area contributed by atoms with Gasteiger partial charge in [-0.25, -0.2) is 0 Å². The highest BCUT2D eigenvalue weighted by Gasteiger charge is 2.25. The highest BCUT2D eigenvalue weighted by molar-refractivity contribution is 6.12. The van der Waals surface area contributed by atoms with Crippen LogP contribution in [-0.4, -0.2) is 36.0 Å². The zero-order chi connectivity index (χ0) is 17.5. The van der Waals surface area contributed by atoms with E-state index in [1.807, 2.05) is 60.7 Å². The van der Waals surface area contributed by atoms with E-state index in [0.29, 0.717) is 19.6 Å². The molecule has 0 bridgehead atoms. The summed E-state index contributed by atoms with van der Waals surface area (Å²) in [6, 6.07) is 20.0. The third-order valence-electron chi connectivity index (χ3n) is 4.39. The average Bonchev–Trinajstić information content (AvgIpc) is 2.67. The highest BCUT2D eigenvalue weighted by Crippen LogP contribution is 2.16. The minimum absolute atomic E-state index is 0. The molecule has 0 unspecified atom stereocenters. The molecule has 0 aromatic heterocycles. The minimum Gasteiger partial charge on any atom is -0.481 e. The molecule has 2 aromatic rings. The molecule has 26 heavy (non-hydrogen) atoms. The molecule has 1 fully saturated rings. The minimum atomic E-state index is -0.736. The lowest BCUT2D eigenvalue weighted by atomic mass is 9.95. The number of nitrogens with zero attached hydrogens (tertiary/aromatic N) is 1. The Bertz CT molecular complexity index is 673. The number of nitrogens with one attached hydrogen (secondary N) is 1. The Balaban J connectivity index is 0.00000243. The van der Waals surface area contributed by atoms with Gasteiger partial charge in [0.25, 0.3) is 0 Å². The second-order valence-corrected chi connectivity index (χ2v) is 6.19. The van der Waals surface area contributed by atoms with Crippen molar-refractivity contribution in [3.63, 3.8) is 0 Å². The molecule has 0 saturated carbocycles. The molecular formula is C20H23ClN2O3. The predicted molar refractivity (Wildman–Crippen MR) is 104 cm³/mol. The highest BCUT2D eigenvalue weighted by atomic mass is 35.5. The standard InChI is InChI=1S/C20H22N2O3.ClH/c23-20(24)17-11-12-18(21-13-17)14-25-22-19(15-7-3-1-4-8-15)16-9-5-2-6-10-16;/h1-10,17-18,21H,11-14H2,(H,23,24);1H/t17-,18+;/m1./s1.